The van der Waals surface area contributed by atoms with E-state index in [2.05, 4.69) is 14.4 Å². The molecule has 0 amide bonds. The molecule has 1 aliphatic rings. The fourth-order valence-corrected chi connectivity index (χ4v) is 5.07. The van der Waals surface area contributed by atoms with Gasteiger partial charge < -0.3 is 5.11 Å². The van der Waals surface area contributed by atoms with Gasteiger partial charge in [0, 0.05) is 13.0 Å². The average Bonchev–Trinajstić information content (AvgIpc) is 2.96. The number of carbonyl (C=O) groups is 1. The van der Waals surface area contributed by atoms with Crippen molar-refractivity contribution in [3.05, 3.63) is 54.1 Å². The van der Waals surface area contributed by atoms with Gasteiger partial charge in [0.1, 0.15) is 5.84 Å². The first-order valence-electron chi connectivity index (χ1n) is 9.20. The topological polar surface area (TPSA) is 142 Å². The Kier molecular flexibility index (Phi) is 6.42. The van der Waals surface area contributed by atoms with Crippen molar-refractivity contribution >= 4 is 37.5 Å². The Morgan fingerprint density at radius 3 is 2.27 bits per heavy atom. The predicted molar refractivity (Wildman–Crippen MR) is 112 cm³/mol. The highest BCUT2D eigenvalue weighted by Gasteiger charge is 2.20. The molecule has 0 aromatic heterocycles. The highest BCUT2D eigenvalue weighted by atomic mass is 32.2. The van der Waals surface area contributed by atoms with Crippen LogP contribution in [0.25, 0.3) is 0 Å². The highest BCUT2D eigenvalue weighted by molar-refractivity contribution is 7.92. The molecule has 0 radical (unpaired) electrons. The molecule has 0 bridgehead atoms. The van der Waals surface area contributed by atoms with Crippen LogP contribution in [-0.4, -0.2) is 40.3 Å². The quantitative estimate of drug-likeness (QED) is 0.616. The van der Waals surface area contributed by atoms with E-state index in [0.29, 0.717) is 18.8 Å². The number of aromatic carboxylic acids is 1. The summed E-state index contributed by atoms with van der Waals surface area (Å²) in [6.07, 6.45) is 3.29. The zero-order valence-electron chi connectivity index (χ0n) is 15.9. The lowest BCUT2D eigenvalue weighted by Gasteiger charge is -2.12. The van der Waals surface area contributed by atoms with Gasteiger partial charge in [0.05, 0.1) is 21.0 Å². The zero-order chi connectivity index (χ0) is 21.8. The fourth-order valence-electron chi connectivity index (χ4n) is 2.89. The van der Waals surface area contributed by atoms with Crippen molar-refractivity contribution in [2.75, 3.05) is 11.3 Å². The first-order chi connectivity index (χ1) is 14.2. The number of sulfonamides is 2. The molecule has 3 rings (SSSR count). The summed E-state index contributed by atoms with van der Waals surface area (Å²) in [6, 6.07) is 10.1. The lowest BCUT2D eigenvalue weighted by atomic mass is 10.2. The summed E-state index contributed by atoms with van der Waals surface area (Å²) in [4.78, 5) is 14.9. The largest absolute Gasteiger partial charge is 0.478 e. The van der Waals surface area contributed by atoms with E-state index in [9.17, 15) is 21.6 Å². The second kappa shape index (κ2) is 8.84. The standard InChI is InChI=1S/C19H21N3O6S2/c23-19(24)14-8-10-16(11-9-14)29(25,26)21-15-5-4-6-17(13-15)30(27,28)22-18-7-2-1-3-12-20-18/h4-6,8-11,13,21H,1-3,7,12H2,(H,20,22)(H,23,24). The fraction of sp³-hybridized carbons (Fsp3) is 0.263. The second-order valence-electron chi connectivity index (χ2n) is 6.71. The molecule has 30 heavy (non-hydrogen) atoms. The third kappa shape index (κ3) is 5.36. The highest BCUT2D eigenvalue weighted by Crippen LogP contribution is 2.20. The van der Waals surface area contributed by atoms with Gasteiger partial charge in [-0.2, -0.15) is 0 Å². The number of hydrogen-bond acceptors (Lipinski definition) is 6. The molecule has 3 N–H and O–H groups in total. The lowest BCUT2D eigenvalue weighted by molar-refractivity contribution is 0.0696. The average molecular weight is 452 g/mol. The summed E-state index contributed by atoms with van der Waals surface area (Å²) in [7, 11) is -7.95. The summed E-state index contributed by atoms with van der Waals surface area (Å²) < 4.78 is 55.3. The molecule has 2 aromatic carbocycles. The van der Waals surface area contributed by atoms with Gasteiger partial charge >= 0.3 is 5.97 Å². The Labute approximate surface area is 175 Å². The summed E-state index contributed by atoms with van der Waals surface area (Å²) >= 11 is 0. The van der Waals surface area contributed by atoms with Crippen LogP contribution in [-0.2, 0) is 20.0 Å². The van der Waals surface area contributed by atoms with Gasteiger partial charge in [0.25, 0.3) is 20.0 Å². The molecule has 9 nitrogen and oxygen atoms in total. The smallest absolute Gasteiger partial charge is 0.335 e. The van der Waals surface area contributed by atoms with Crippen LogP contribution in [0.1, 0.15) is 36.0 Å². The van der Waals surface area contributed by atoms with Crippen molar-refractivity contribution in [3.8, 4) is 0 Å². The molecule has 0 atom stereocenters. The molecule has 0 spiro atoms. The summed E-state index contributed by atoms with van der Waals surface area (Å²) in [5.74, 6) is -0.771. The van der Waals surface area contributed by atoms with E-state index in [-0.39, 0.29) is 21.0 Å². The Balaban J connectivity index is 1.80. The maximum absolute atomic E-state index is 12.7. The van der Waals surface area contributed by atoms with Crippen LogP contribution in [0.15, 0.2) is 63.3 Å². The Morgan fingerprint density at radius 2 is 1.57 bits per heavy atom. The summed E-state index contributed by atoms with van der Waals surface area (Å²) in [5.41, 5.74) is 0.0116. The van der Waals surface area contributed by atoms with Crippen LogP contribution in [0.4, 0.5) is 5.69 Å². The molecule has 1 heterocycles. The Hall–Kier alpha value is -2.92. The van der Waals surface area contributed by atoms with Crippen molar-refractivity contribution in [3.63, 3.8) is 0 Å². The lowest BCUT2D eigenvalue weighted by Crippen LogP contribution is -2.30. The number of nitrogens with zero attached hydrogens (tertiary/aromatic N) is 1. The number of carboxylic acids is 1. The maximum atomic E-state index is 12.7. The molecule has 2 aromatic rings. The Morgan fingerprint density at radius 1 is 0.867 bits per heavy atom. The van der Waals surface area contributed by atoms with Crippen LogP contribution in [0.3, 0.4) is 0 Å². The number of anilines is 1. The number of amidine groups is 1. The summed E-state index contributed by atoms with van der Waals surface area (Å²) in [5, 5.41) is 8.92. The van der Waals surface area contributed by atoms with Crippen LogP contribution in [0.5, 0.6) is 0 Å². The molecule has 0 aliphatic carbocycles. The van der Waals surface area contributed by atoms with E-state index in [1.165, 1.54) is 36.4 Å². The minimum atomic E-state index is -4.03. The normalized spacial score (nSPS) is 15.0. The van der Waals surface area contributed by atoms with Crippen LogP contribution in [0, 0.1) is 0 Å². The number of hydrogen-bond donors (Lipinski definition) is 3. The predicted octanol–water partition coefficient (Wildman–Crippen LogP) is 2.44. The van der Waals surface area contributed by atoms with Gasteiger partial charge in [-0.3, -0.25) is 14.4 Å². The third-order valence-electron chi connectivity index (χ3n) is 4.43. The van der Waals surface area contributed by atoms with Gasteiger partial charge in [-0.25, -0.2) is 21.6 Å². The number of nitrogens with one attached hydrogen (secondary N) is 2. The van der Waals surface area contributed by atoms with E-state index in [0.717, 1.165) is 31.4 Å². The van der Waals surface area contributed by atoms with Crippen LogP contribution < -0.4 is 9.44 Å². The SMILES string of the molecule is O=C(O)c1ccc(S(=O)(=O)Nc2cccc(S(=O)(=O)NC3=NCCCCC3)c2)cc1. The molecular formula is C19H21N3O6S2. The molecule has 0 fully saturated rings. The van der Waals surface area contributed by atoms with E-state index in [1.807, 2.05) is 0 Å². The van der Waals surface area contributed by atoms with E-state index >= 15 is 0 Å². The molecule has 0 saturated carbocycles. The molecule has 160 valence electrons. The van der Waals surface area contributed by atoms with Crippen molar-refractivity contribution in [2.45, 2.75) is 35.5 Å². The van der Waals surface area contributed by atoms with Gasteiger partial charge in [-0.05, 0) is 55.3 Å². The number of aliphatic imine (C=N–C) groups is 1. The third-order valence-corrected chi connectivity index (χ3v) is 7.21. The van der Waals surface area contributed by atoms with Crippen LogP contribution in [0.2, 0.25) is 0 Å². The zero-order valence-corrected chi connectivity index (χ0v) is 17.5. The van der Waals surface area contributed by atoms with Crippen molar-refractivity contribution in [1.82, 2.24) is 4.72 Å². The van der Waals surface area contributed by atoms with Crippen molar-refractivity contribution in [1.29, 1.82) is 0 Å². The molecule has 1 aliphatic heterocycles. The Bertz CT molecular complexity index is 1170. The minimum Gasteiger partial charge on any atom is -0.478 e. The van der Waals surface area contributed by atoms with Crippen molar-refractivity contribution in [2.24, 2.45) is 4.99 Å². The maximum Gasteiger partial charge on any atom is 0.335 e. The molecular weight excluding hydrogens is 430 g/mol. The monoisotopic (exact) mass is 451 g/mol. The first-order valence-corrected chi connectivity index (χ1v) is 12.2. The minimum absolute atomic E-state index is 0.0467. The second-order valence-corrected chi connectivity index (χ2v) is 10.1. The van der Waals surface area contributed by atoms with E-state index < -0.39 is 26.0 Å². The van der Waals surface area contributed by atoms with Crippen molar-refractivity contribution < 1.29 is 26.7 Å². The molecule has 11 heteroatoms. The molecule has 0 unspecified atom stereocenters. The van der Waals surface area contributed by atoms with Gasteiger partial charge in [-0.1, -0.05) is 12.5 Å². The van der Waals surface area contributed by atoms with Crippen LogP contribution >= 0.6 is 0 Å². The number of rotatable bonds is 6. The van der Waals surface area contributed by atoms with E-state index in [1.54, 1.807) is 0 Å². The molecule has 0 saturated heterocycles. The van der Waals surface area contributed by atoms with E-state index in [4.69, 9.17) is 5.11 Å². The number of carboxylic acid groups (broad SMARTS) is 1. The summed E-state index contributed by atoms with van der Waals surface area (Å²) in [6.45, 7) is 0.568. The van der Waals surface area contributed by atoms with Gasteiger partial charge in [-0.15, -0.1) is 0 Å². The first kappa shape index (κ1) is 21.8. The van der Waals surface area contributed by atoms with Gasteiger partial charge in [0.15, 0.2) is 0 Å². The van der Waals surface area contributed by atoms with Gasteiger partial charge in [0.2, 0.25) is 0 Å². The number of benzene rings is 2.